The normalized spacial score (nSPS) is 11.9. The third kappa shape index (κ3) is 6.93. The summed E-state index contributed by atoms with van der Waals surface area (Å²) >= 11 is 0. The van der Waals surface area contributed by atoms with Crippen LogP contribution in [0.2, 0.25) is 0 Å². The van der Waals surface area contributed by atoms with Crippen LogP contribution in [0.3, 0.4) is 0 Å². The molecule has 1 heterocycles. The first-order chi connectivity index (χ1) is 11.8. The molecule has 0 bridgehead atoms. The molecule has 0 spiro atoms. The van der Waals surface area contributed by atoms with Crippen molar-refractivity contribution in [2.24, 2.45) is 0 Å². The summed E-state index contributed by atoms with van der Waals surface area (Å²) in [5.41, 5.74) is 1.16. The lowest BCUT2D eigenvalue weighted by atomic mass is 10.2. The largest absolute Gasteiger partial charge is 0.491 e. The number of nitrogens with zero attached hydrogens (tertiary/aromatic N) is 2. The maximum Gasteiger partial charge on any atom is 0.222 e. The molecule has 0 fully saturated rings. The monoisotopic (exact) mass is 331 g/mol. The number of hydrogen-bond donors (Lipinski definition) is 3. The van der Waals surface area contributed by atoms with E-state index >= 15 is 0 Å². The summed E-state index contributed by atoms with van der Waals surface area (Å²) in [6.07, 6.45) is 5.36. The van der Waals surface area contributed by atoms with Crippen molar-refractivity contribution in [1.82, 2.24) is 9.97 Å². The van der Waals surface area contributed by atoms with Crippen molar-refractivity contribution < 1.29 is 15.2 Å². The minimum absolute atomic E-state index is 0.302. The van der Waals surface area contributed by atoms with Gasteiger partial charge in [0.25, 0.3) is 0 Å². The van der Waals surface area contributed by atoms with Crippen molar-refractivity contribution >= 4 is 5.95 Å². The second kappa shape index (κ2) is 10.6. The van der Waals surface area contributed by atoms with Gasteiger partial charge in [0.05, 0.1) is 13.1 Å². The molecule has 6 nitrogen and oxygen atoms in total. The molecule has 2 aromatic rings. The van der Waals surface area contributed by atoms with E-state index in [-0.39, 0.29) is 0 Å². The topological polar surface area (TPSA) is 83.9 Å². The number of para-hydroxylation sites is 1. The predicted octanol–water partition coefficient (Wildman–Crippen LogP) is 0.844. The van der Waals surface area contributed by atoms with E-state index in [9.17, 15) is 5.11 Å². The zero-order chi connectivity index (χ0) is 17.0. The fourth-order valence-corrected chi connectivity index (χ4v) is 2.24. The van der Waals surface area contributed by atoms with Crippen molar-refractivity contribution in [2.45, 2.75) is 25.9 Å². The lowest BCUT2D eigenvalue weighted by molar-refractivity contribution is -0.658. The summed E-state index contributed by atoms with van der Waals surface area (Å²) in [6, 6.07) is 9.52. The van der Waals surface area contributed by atoms with Gasteiger partial charge in [-0.15, -0.1) is 0 Å². The van der Waals surface area contributed by atoms with Crippen molar-refractivity contribution in [3.8, 4) is 5.75 Å². The van der Waals surface area contributed by atoms with Crippen LogP contribution in [-0.4, -0.2) is 47.4 Å². The van der Waals surface area contributed by atoms with E-state index in [1.54, 1.807) is 0 Å². The zero-order valence-corrected chi connectivity index (χ0v) is 14.2. The molecule has 0 aliphatic carbocycles. The summed E-state index contributed by atoms with van der Waals surface area (Å²) in [5.74, 6) is 1.43. The molecule has 0 saturated heterocycles. The van der Waals surface area contributed by atoms with E-state index < -0.39 is 6.10 Å². The Labute approximate surface area is 143 Å². The first-order valence-corrected chi connectivity index (χ1v) is 8.50. The van der Waals surface area contributed by atoms with Crippen molar-refractivity contribution in [1.29, 1.82) is 0 Å². The Hall–Kier alpha value is -2.18. The van der Waals surface area contributed by atoms with Crippen LogP contribution >= 0.6 is 0 Å². The Kier molecular flexibility index (Phi) is 8.00. The number of quaternary nitrogens is 1. The number of benzene rings is 1. The number of aliphatic hydroxyl groups is 1. The highest BCUT2D eigenvalue weighted by Gasteiger charge is 2.07. The van der Waals surface area contributed by atoms with Crippen molar-refractivity contribution in [3.05, 3.63) is 48.3 Å². The zero-order valence-electron chi connectivity index (χ0n) is 14.2. The van der Waals surface area contributed by atoms with Gasteiger partial charge in [-0.3, -0.25) is 0 Å². The highest BCUT2D eigenvalue weighted by atomic mass is 16.5. The third-order valence-corrected chi connectivity index (χ3v) is 3.50. The summed E-state index contributed by atoms with van der Waals surface area (Å²) < 4.78 is 5.52. The average Bonchev–Trinajstić information content (AvgIpc) is 2.62. The highest BCUT2D eigenvalue weighted by Crippen LogP contribution is 2.08. The fourth-order valence-electron chi connectivity index (χ4n) is 2.24. The molecule has 2 rings (SSSR count). The summed E-state index contributed by atoms with van der Waals surface area (Å²) in [5, 5.41) is 15.1. The Morgan fingerprint density at radius 2 is 1.96 bits per heavy atom. The van der Waals surface area contributed by atoms with Crippen LogP contribution in [0.1, 0.15) is 18.9 Å². The Morgan fingerprint density at radius 1 is 1.21 bits per heavy atom. The van der Waals surface area contributed by atoms with Gasteiger partial charge in [-0.05, 0) is 24.1 Å². The Morgan fingerprint density at radius 3 is 2.67 bits per heavy atom. The minimum atomic E-state index is -0.491. The van der Waals surface area contributed by atoms with Gasteiger partial charge in [0.2, 0.25) is 5.95 Å². The SMILES string of the molecule is CCCc1cnc(NCC[NH2+]C[C@H](O)COc2ccccc2)nc1. The van der Waals surface area contributed by atoms with Gasteiger partial charge in [-0.1, -0.05) is 31.5 Å². The molecule has 1 atom stereocenters. The summed E-state index contributed by atoms with van der Waals surface area (Å²) in [4.78, 5) is 8.58. The molecule has 4 N–H and O–H groups in total. The van der Waals surface area contributed by atoms with Crippen LogP contribution in [0.4, 0.5) is 5.95 Å². The van der Waals surface area contributed by atoms with Crippen LogP contribution in [-0.2, 0) is 6.42 Å². The third-order valence-electron chi connectivity index (χ3n) is 3.50. The van der Waals surface area contributed by atoms with Gasteiger partial charge >= 0.3 is 0 Å². The quantitative estimate of drug-likeness (QED) is 0.532. The van der Waals surface area contributed by atoms with Crippen molar-refractivity contribution in [3.63, 3.8) is 0 Å². The van der Waals surface area contributed by atoms with E-state index in [2.05, 4.69) is 27.5 Å². The molecular weight excluding hydrogens is 304 g/mol. The average molecular weight is 331 g/mol. The maximum atomic E-state index is 9.91. The lowest BCUT2D eigenvalue weighted by Crippen LogP contribution is -2.87. The molecule has 0 radical (unpaired) electrons. The van der Waals surface area contributed by atoms with Gasteiger partial charge in [-0.25, -0.2) is 9.97 Å². The number of nitrogens with two attached hydrogens (primary N) is 1. The molecule has 0 aliphatic rings. The van der Waals surface area contributed by atoms with Crippen molar-refractivity contribution in [2.75, 3.05) is 31.6 Å². The van der Waals surface area contributed by atoms with Gasteiger partial charge in [0.15, 0.2) is 0 Å². The molecule has 0 aliphatic heterocycles. The number of anilines is 1. The molecule has 1 aromatic carbocycles. The second-order valence-electron chi connectivity index (χ2n) is 5.68. The number of rotatable bonds is 11. The van der Waals surface area contributed by atoms with Gasteiger partial charge < -0.3 is 20.5 Å². The number of ether oxygens (including phenoxy) is 1. The number of aryl methyl sites for hydroxylation is 1. The van der Waals surface area contributed by atoms with Gasteiger partial charge in [0.1, 0.15) is 25.0 Å². The molecule has 0 unspecified atom stereocenters. The molecule has 0 saturated carbocycles. The molecule has 0 amide bonds. The lowest BCUT2D eigenvalue weighted by Gasteiger charge is -2.11. The first kappa shape index (κ1) is 18.2. The minimum Gasteiger partial charge on any atom is -0.491 e. The summed E-state index contributed by atoms with van der Waals surface area (Å²) in [6.45, 7) is 4.63. The molecular formula is C18H27N4O2+. The van der Waals surface area contributed by atoms with Gasteiger partial charge in [0, 0.05) is 12.4 Å². The highest BCUT2D eigenvalue weighted by molar-refractivity contribution is 5.24. The van der Waals surface area contributed by atoms with E-state index in [1.165, 1.54) is 0 Å². The van der Waals surface area contributed by atoms with Crippen LogP contribution in [0.25, 0.3) is 0 Å². The summed E-state index contributed by atoms with van der Waals surface area (Å²) in [7, 11) is 0. The molecule has 1 aromatic heterocycles. The number of nitrogens with one attached hydrogen (secondary N) is 1. The molecule has 24 heavy (non-hydrogen) atoms. The van der Waals surface area contributed by atoms with E-state index in [0.717, 1.165) is 37.2 Å². The Bertz CT molecular complexity index is 563. The van der Waals surface area contributed by atoms with Crippen LogP contribution in [0.5, 0.6) is 5.75 Å². The standard InChI is InChI=1S/C18H26N4O2/c1-2-6-15-11-21-18(22-12-15)20-10-9-19-13-16(23)14-24-17-7-4-3-5-8-17/h3-5,7-8,11-12,16,19,23H,2,6,9-10,13-14H2,1H3,(H,20,21,22)/p+1/t16-/m0/s1. The van der Waals surface area contributed by atoms with Crippen LogP contribution in [0, 0.1) is 0 Å². The smallest absolute Gasteiger partial charge is 0.222 e. The van der Waals surface area contributed by atoms with E-state index in [1.807, 2.05) is 42.7 Å². The van der Waals surface area contributed by atoms with E-state index in [0.29, 0.717) is 19.1 Å². The Balaban J connectivity index is 1.54. The maximum absolute atomic E-state index is 9.91. The number of aliphatic hydroxyl groups excluding tert-OH is 1. The second-order valence-corrected chi connectivity index (χ2v) is 5.68. The number of hydrogen-bond acceptors (Lipinski definition) is 5. The van der Waals surface area contributed by atoms with Crippen LogP contribution < -0.4 is 15.4 Å². The number of aromatic nitrogens is 2. The predicted molar refractivity (Wildman–Crippen MR) is 94.1 cm³/mol. The molecule has 130 valence electrons. The van der Waals surface area contributed by atoms with Crippen LogP contribution in [0.15, 0.2) is 42.7 Å². The van der Waals surface area contributed by atoms with Gasteiger partial charge in [-0.2, -0.15) is 0 Å². The first-order valence-electron chi connectivity index (χ1n) is 8.50. The fraction of sp³-hybridized carbons (Fsp3) is 0.444. The van der Waals surface area contributed by atoms with E-state index in [4.69, 9.17) is 4.74 Å². The molecule has 6 heteroatoms.